The third-order valence-electron chi connectivity index (χ3n) is 5.80. The van der Waals surface area contributed by atoms with E-state index in [1.807, 2.05) is 30.3 Å². The molecule has 0 saturated carbocycles. The predicted molar refractivity (Wildman–Crippen MR) is 123 cm³/mol. The topological polar surface area (TPSA) is 141 Å². The summed E-state index contributed by atoms with van der Waals surface area (Å²) in [5.74, 6) is -0.391. The third-order valence-corrected chi connectivity index (χ3v) is 6.81. The van der Waals surface area contributed by atoms with Crippen LogP contribution in [0, 0.1) is 0 Å². The molecule has 1 aromatic carbocycles. The highest BCUT2D eigenvalue weighted by Crippen LogP contribution is 2.46. The quantitative estimate of drug-likeness (QED) is 0.321. The normalized spacial score (nSPS) is 26.1. The maximum Gasteiger partial charge on any atom is 0.325 e. The molecule has 3 aromatic rings. The van der Waals surface area contributed by atoms with E-state index in [2.05, 4.69) is 20.3 Å². The molecule has 13 heteroatoms. The lowest BCUT2D eigenvalue weighted by Crippen LogP contribution is -2.30. The molecule has 2 unspecified atom stereocenters. The molecule has 34 heavy (non-hydrogen) atoms. The molecular weight excluding hydrogens is 485 g/mol. The summed E-state index contributed by atoms with van der Waals surface area (Å²) in [5.41, 5.74) is 2.03. The van der Waals surface area contributed by atoms with E-state index in [9.17, 15) is 14.4 Å². The summed E-state index contributed by atoms with van der Waals surface area (Å²) < 4.78 is 31.5. The molecule has 2 fully saturated rings. The summed E-state index contributed by atoms with van der Waals surface area (Å²) in [6, 6.07) is 9.85. The Bertz CT molecular complexity index is 1240. The van der Waals surface area contributed by atoms with Gasteiger partial charge in [-0.15, -0.1) is 0 Å². The number of fused-ring (bicyclic) bond motifs is 2. The second kappa shape index (κ2) is 8.83. The number of aromatic nitrogens is 4. The lowest BCUT2D eigenvalue weighted by Gasteiger charge is -2.24. The van der Waals surface area contributed by atoms with Crippen LogP contribution in [0.15, 0.2) is 36.7 Å². The average molecular weight is 510 g/mol. The summed E-state index contributed by atoms with van der Waals surface area (Å²) in [4.78, 5) is 31.8. The third kappa shape index (κ3) is 4.83. The van der Waals surface area contributed by atoms with E-state index in [1.54, 1.807) is 24.7 Å². The molecule has 5 rings (SSSR count). The van der Waals surface area contributed by atoms with Crippen LogP contribution in [0.4, 0.5) is 5.82 Å². The fourth-order valence-electron chi connectivity index (χ4n) is 4.39. The van der Waals surface area contributed by atoms with Crippen LogP contribution in [0.2, 0.25) is 5.28 Å². The Kier molecular flexibility index (Phi) is 6.14. The van der Waals surface area contributed by atoms with E-state index >= 15 is 0 Å². The number of rotatable bonds is 7. The summed E-state index contributed by atoms with van der Waals surface area (Å²) in [6.07, 6.45) is -0.899. The molecule has 11 nitrogen and oxygen atoms in total. The molecule has 0 aliphatic carbocycles. The zero-order valence-corrected chi connectivity index (χ0v) is 20.2. The van der Waals surface area contributed by atoms with Crippen LogP contribution in [0.25, 0.3) is 11.2 Å². The number of halogens is 1. The van der Waals surface area contributed by atoms with Crippen molar-refractivity contribution in [3.8, 4) is 0 Å². The highest BCUT2D eigenvalue weighted by molar-refractivity contribution is 7.51. The zero-order chi connectivity index (χ0) is 24.1. The minimum Gasteiger partial charge on any atom is -0.364 e. The van der Waals surface area contributed by atoms with Gasteiger partial charge in [-0.1, -0.05) is 30.3 Å². The first kappa shape index (κ1) is 23.6. The maximum atomic E-state index is 11.4. The Hall–Kier alpha value is -2.11. The van der Waals surface area contributed by atoms with Gasteiger partial charge in [0.2, 0.25) is 5.28 Å². The minimum atomic E-state index is -4.19. The lowest BCUT2D eigenvalue weighted by molar-refractivity contribution is -0.196. The predicted octanol–water partition coefficient (Wildman–Crippen LogP) is 3.08. The van der Waals surface area contributed by atoms with Crippen molar-refractivity contribution >= 4 is 36.2 Å². The molecule has 3 N–H and O–H groups in total. The van der Waals surface area contributed by atoms with Crippen molar-refractivity contribution in [2.75, 3.05) is 11.5 Å². The largest absolute Gasteiger partial charge is 0.364 e. The van der Waals surface area contributed by atoms with Gasteiger partial charge in [-0.25, -0.2) is 4.98 Å². The maximum absolute atomic E-state index is 11.4. The number of ether oxygens (including phenoxy) is 3. The van der Waals surface area contributed by atoms with Gasteiger partial charge in [-0.05, 0) is 37.4 Å². The Morgan fingerprint density at radius 1 is 1.18 bits per heavy atom. The molecule has 0 radical (unpaired) electrons. The van der Waals surface area contributed by atoms with Crippen molar-refractivity contribution in [2.24, 2.45) is 0 Å². The summed E-state index contributed by atoms with van der Waals surface area (Å²) in [7, 11) is -4.19. The van der Waals surface area contributed by atoms with Crippen LogP contribution in [-0.2, 0) is 25.3 Å². The first-order valence-electron chi connectivity index (χ1n) is 10.8. The number of nitrogens with one attached hydrogen (secondary N) is 1. The van der Waals surface area contributed by atoms with Gasteiger partial charge >= 0.3 is 7.60 Å². The van der Waals surface area contributed by atoms with Crippen LogP contribution in [-0.4, -0.2) is 59.6 Å². The number of anilines is 1. The molecule has 2 aliphatic heterocycles. The Labute approximate surface area is 200 Å². The van der Waals surface area contributed by atoms with Gasteiger partial charge in [0, 0.05) is 6.54 Å². The molecule has 2 saturated heterocycles. The molecule has 0 bridgehead atoms. The van der Waals surface area contributed by atoms with Crippen molar-refractivity contribution < 1.29 is 28.6 Å². The SMILES string of the molecule is CC1(C)OC2C(O1)[C@@H](CCP(=O)(O)O)O[C@H]2n1cnc2c(NCc3ccccc3)nc(Cl)nc21. The molecule has 182 valence electrons. The molecule has 4 atom stereocenters. The molecule has 0 amide bonds. The van der Waals surface area contributed by atoms with Crippen molar-refractivity contribution in [3.05, 3.63) is 47.5 Å². The van der Waals surface area contributed by atoms with Crippen LogP contribution < -0.4 is 5.32 Å². The van der Waals surface area contributed by atoms with Crippen molar-refractivity contribution in [3.63, 3.8) is 0 Å². The molecular formula is C21H25ClN5O6P. The van der Waals surface area contributed by atoms with Crippen molar-refractivity contribution in [1.82, 2.24) is 19.5 Å². The minimum absolute atomic E-state index is 0.0429. The van der Waals surface area contributed by atoms with Gasteiger partial charge in [0.05, 0.1) is 18.6 Å². The van der Waals surface area contributed by atoms with E-state index < -0.39 is 37.9 Å². The fourth-order valence-corrected chi connectivity index (χ4v) is 5.15. The van der Waals surface area contributed by atoms with E-state index in [4.69, 9.17) is 25.8 Å². The number of imidazole rings is 1. The lowest BCUT2D eigenvalue weighted by atomic mass is 10.1. The van der Waals surface area contributed by atoms with E-state index in [0.29, 0.717) is 23.5 Å². The van der Waals surface area contributed by atoms with Gasteiger partial charge < -0.3 is 29.3 Å². The zero-order valence-electron chi connectivity index (χ0n) is 18.5. The monoisotopic (exact) mass is 509 g/mol. The van der Waals surface area contributed by atoms with Crippen molar-refractivity contribution in [2.45, 2.75) is 57.1 Å². The first-order chi connectivity index (χ1) is 16.1. The van der Waals surface area contributed by atoms with Gasteiger partial charge in [0.25, 0.3) is 0 Å². The Morgan fingerprint density at radius 3 is 2.65 bits per heavy atom. The second-order valence-electron chi connectivity index (χ2n) is 8.81. The molecule has 0 spiro atoms. The van der Waals surface area contributed by atoms with Crippen LogP contribution in [0.1, 0.15) is 32.1 Å². The summed E-state index contributed by atoms with van der Waals surface area (Å²) in [5, 5.41) is 3.30. The Morgan fingerprint density at radius 2 is 1.91 bits per heavy atom. The van der Waals surface area contributed by atoms with Gasteiger partial charge in [0.15, 0.2) is 29.0 Å². The van der Waals surface area contributed by atoms with Crippen LogP contribution in [0.5, 0.6) is 0 Å². The van der Waals surface area contributed by atoms with E-state index in [0.717, 1.165) is 5.56 Å². The second-order valence-corrected chi connectivity index (χ2v) is 10.9. The molecule has 4 heterocycles. The summed E-state index contributed by atoms with van der Waals surface area (Å²) in [6.45, 7) is 4.11. The Balaban J connectivity index is 1.45. The smallest absolute Gasteiger partial charge is 0.325 e. The van der Waals surface area contributed by atoms with Gasteiger partial charge in [-0.2, -0.15) is 9.97 Å². The van der Waals surface area contributed by atoms with Crippen LogP contribution in [0.3, 0.4) is 0 Å². The fraction of sp³-hybridized carbons (Fsp3) is 0.476. The number of hydrogen-bond acceptors (Lipinski definition) is 8. The first-order valence-corrected chi connectivity index (χ1v) is 13.0. The molecule has 2 aromatic heterocycles. The van der Waals surface area contributed by atoms with Crippen molar-refractivity contribution in [1.29, 1.82) is 0 Å². The van der Waals surface area contributed by atoms with E-state index in [1.165, 1.54) is 0 Å². The number of nitrogens with zero attached hydrogens (tertiary/aromatic N) is 4. The van der Waals surface area contributed by atoms with E-state index in [-0.39, 0.29) is 17.9 Å². The summed E-state index contributed by atoms with van der Waals surface area (Å²) >= 11 is 6.24. The standard InChI is InChI=1S/C21H25ClN5O6P/c1-21(2)32-15-13(8-9-34(28,29)30)31-19(16(15)33-21)27-11-24-14-17(25-20(22)26-18(14)27)23-10-12-6-4-3-5-7-12/h3-7,11,13,15-16,19H,8-10H2,1-2H3,(H,23,25,26)(H2,28,29,30)/t13-,15?,16?,19-/m1/s1. The highest BCUT2D eigenvalue weighted by Gasteiger charge is 2.56. The van der Waals surface area contributed by atoms with Gasteiger partial charge in [-0.3, -0.25) is 9.13 Å². The number of benzene rings is 1. The number of hydrogen-bond donors (Lipinski definition) is 3. The van der Waals surface area contributed by atoms with Crippen LogP contribution >= 0.6 is 19.2 Å². The average Bonchev–Trinajstić information content (AvgIpc) is 3.41. The van der Waals surface area contributed by atoms with Gasteiger partial charge in [0.1, 0.15) is 12.2 Å². The molecule has 2 aliphatic rings. The highest BCUT2D eigenvalue weighted by atomic mass is 35.5.